The molecule has 138 valence electrons. The van der Waals surface area contributed by atoms with Crippen LogP contribution in [0.2, 0.25) is 0 Å². The minimum atomic E-state index is -0.461. The summed E-state index contributed by atoms with van der Waals surface area (Å²) in [5, 5.41) is 11.5. The fourth-order valence-electron chi connectivity index (χ4n) is 2.40. The molecule has 0 bridgehead atoms. The molecule has 3 rings (SSSR count). The molecule has 1 amide bonds. The number of carbonyl (C=O) groups is 2. The highest BCUT2D eigenvalue weighted by Gasteiger charge is 2.28. The second kappa shape index (κ2) is 7.23. The van der Waals surface area contributed by atoms with Crippen molar-refractivity contribution in [1.29, 1.82) is 0 Å². The SMILES string of the molecule is CC(Sc1nncn1C1CC1)C(=O)c1ccc(NC(=O)C(C)(C)C)cc1. The first-order valence-electron chi connectivity index (χ1n) is 8.77. The van der Waals surface area contributed by atoms with E-state index in [2.05, 4.69) is 20.1 Å². The van der Waals surface area contributed by atoms with Gasteiger partial charge in [0.25, 0.3) is 0 Å². The Hall–Kier alpha value is -2.15. The highest BCUT2D eigenvalue weighted by Crippen LogP contribution is 2.38. The van der Waals surface area contributed by atoms with E-state index in [1.165, 1.54) is 11.8 Å². The standard InChI is InChI=1S/C19H24N4O2S/c1-12(26-18-22-20-11-23(18)15-9-10-15)16(24)13-5-7-14(8-6-13)21-17(25)19(2,3)4/h5-8,11-12,15H,9-10H2,1-4H3,(H,21,25). The topological polar surface area (TPSA) is 76.9 Å². The lowest BCUT2D eigenvalue weighted by atomic mass is 9.95. The van der Waals surface area contributed by atoms with Crippen LogP contribution >= 0.6 is 11.8 Å². The maximum absolute atomic E-state index is 12.7. The molecule has 26 heavy (non-hydrogen) atoms. The van der Waals surface area contributed by atoms with Gasteiger partial charge in [0, 0.05) is 22.7 Å². The molecule has 2 aromatic rings. The summed E-state index contributed by atoms with van der Waals surface area (Å²) in [6, 6.07) is 7.52. The first-order chi connectivity index (χ1) is 12.3. The van der Waals surface area contributed by atoms with Gasteiger partial charge in [-0.3, -0.25) is 9.59 Å². The Balaban J connectivity index is 1.63. The van der Waals surface area contributed by atoms with Crippen molar-refractivity contribution in [2.75, 3.05) is 5.32 Å². The zero-order valence-corrected chi connectivity index (χ0v) is 16.3. The van der Waals surface area contributed by atoms with Gasteiger partial charge in [0.05, 0.1) is 5.25 Å². The predicted molar refractivity (Wildman–Crippen MR) is 102 cm³/mol. The van der Waals surface area contributed by atoms with Crippen LogP contribution in [0, 0.1) is 5.41 Å². The highest BCUT2D eigenvalue weighted by molar-refractivity contribution is 8.00. The molecule has 1 aromatic carbocycles. The first-order valence-corrected chi connectivity index (χ1v) is 9.65. The lowest BCUT2D eigenvalue weighted by molar-refractivity contribution is -0.123. The third kappa shape index (κ3) is 4.33. The van der Waals surface area contributed by atoms with Crippen molar-refractivity contribution >= 4 is 29.1 Å². The van der Waals surface area contributed by atoms with Gasteiger partial charge in [-0.25, -0.2) is 0 Å². The molecule has 0 saturated heterocycles. The van der Waals surface area contributed by atoms with Crippen LogP contribution in [0.4, 0.5) is 5.69 Å². The van der Waals surface area contributed by atoms with Crippen molar-refractivity contribution in [2.45, 2.75) is 57.0 Å². The van der Waals surface area contributed by atoms with E-state index in [9.17, 15) is 9.59 Å². The Bertz CT molecular complexity index is 804. The molecule has 0 spiro atoms. The second-order valence-corrected chi connectivity index (χ2v) is 8.97. The van der Waals surface area contributed by atoms with E-state index in [0.29, 0.717) is 17.3 Å². The molecule has 1 aliphatic carbocycles. The fourth-order valence-corrected chi connectivity index (χ4v) is 3.37. The van der Waals surface area contributed by atoms with E-state index in [1.807, 2.05) is 27.7 Å². The largest absolute Gasteiger partial charge is 0.326 e. The number of hydrogen-bond donors (Lipinski definition) is 1. The zero-order valence-electron chi connectivity index (χ0n) is 15.5. The van der Waals surface area contributed by atoms with Crippen LogP contribution in [-0.4, -0.2) is 31.7 Å². The summed E-state index contributed by atoms with van der Waals surface area (Å²) in [5.74, 6) is -0.0195. The number of nitrogens with one attached hydrogen (secondary N) is 1. The monoisotopic (exact) mass is 372 g/mol. The molecule has 1 aliphatic rings. The summed E-state index contributed by atoms with van der Waals surface area (Å²) >= 11 is 1.44. The lowest BCUT2D eigenvalue weighted by Crippen LogP contribution is -2.27. The van der Waals surface area contributed by atoms with Crippen LogP contribution in [0.15, 0.2) is 35.7 Å². The van der Waals surface area contributed by atoms with Gasteiger partial charge in [-0.2, -0.15) is 0 Å². The summed E-state index contributed by atoms with van der Waals surface area (Å²) in [7, 11) is 0. The summed E-state index contributed by atoms with van der Waals surface area (Å²) in [5.41, 5.74) is 0.850. The van der Waals surface area contributed by atoms with Gasteiger partial charge in [-0.15, -0.1) is 10.2 Å². The number of thioether (sulfide) groups is 1. The number of anilines is 1. The number of ketones is 1. The molecule has 1 aromatic heterocycles. The predicted octanol–water partition coefficient (Wildman–Crippen LogP) is 3.96. The summed E-state index contributed by atoms with van der Waals surface area (Å²) in [6.45, 7) is 7.47. The van der Waals surface area contributed by atoms with Crippen LogP contribution in [0.5, 0.6) is 0 Å². The van der Waals surface area contributed by atoms with Crippen LogP contribution in [0.3, 0.4) is 0 Å². The van der Waals surface area contributed by atoms with Gasteiger partial charge < -0.3 is 9.88 Å². The number of amides is 1. The lowest BCUT2D eigenvalue weighted by Gasteiger charge is -2.17. The molecule has 1 heterocycles. The van der Waals surface area contributed by atoms with Crippen molar-refractivity contribution in [1.82, 2.24) is 14.8 Å². The number of benzene rings is 1. The summed E-state index contributed by atoms with van der Waals surface area (Å²) < 4.78 is 2.06. The molecular formula is C19H24N4O2S. The van der Waals surface area contributed by atoms with E-state index < -0.39 is 5.41 Å². The third-order valence-electron chi connectivity index (χ3n) is 4.24. The van der Waals surface area contributed by atoms with Gasteiger partial charge in [0.2, 0.25) is 5.91 Å². The van der Waals surface area contributed by atoms with Gasteiger partial charge in [-0.1, -0.05) is 32.5 Å². The molecule has 1 unspecified atom stereocenters. The van der Waals surface area contributed by atoms with Crippen molar-refractivity contribution in [3.63, 3.8) is 0 Å². The number of aromatic nitrogens is 3. The van der Waals surface area contributed by atoms with Crippen molar-refractivity contribution in [3.05, 3.63) is 36.2 Å². The quantitative estimate of drug-likeness (QED) is 0.613. The van der Waals surface area contributed by atoms with E-state index >= 15 is 0 Å². The highest BCUT2D eigenvalue weighted by atomic mass is 32.2. The average molecular weight is 372 g/mol. The van der Waals surface area contributed by atoms with E-state index in [1.54, 1.807) is 30.6 Å². The van der Waals surface area contributed by atoms with Crippen LogP contribution < -0.4 is 5.32 Å². The van der Waals surface area contributed by atoms with Gasteiger partial charge in [0.15, 0.2) is 10.9 Å². The van der Waals surface area contributed by atoms with Crippen LogP contribution in [0.1, 0.15) is 56.9 Å². The number of rotatable bonds is 6. The Labute approximate surface area is 157 Å². The number of nitrogens with zero attached hydrogens (tertiary/aromatic N) is 3. The van der Waals surface area contributed by atoms with Crippen LogP contribution in [-0.2, 0) is 4.79 Å². The molecule has 0 aliphatic heterocycles. The normalized spacial score (nSPS) is 15.5. The smallest absolute Gasteiger partial charge is 0.229 e. The first kappa shape index (κ1) is 18.6. The van der Waals surface area contributed by atoms with Crippen molar-refractivity contribution in [3.8, 4) is 0 Å². The number of carbonyl (C=O) groups excluding carboxylic acids is 2. The third-order valence-corrected chi connectivity index (χ3v) is 5.31. The number of hydrogen-bond acceptors (Lipinski definition) is 5. The molecule has 0 radical (unpaired) electrons. The Morgan fingerprint density at radius 1 is 1.23 bits per heavy atom. The van der Waals surface area contributed by atoms with Gasteiger partial charge in [0.1, 0.15) is 6.33 Å². The molecule has 1 fully saturated rings. The van der Waals surface area contributed by atoms with Gasteiger partial charge in [-0.05, 0) is 44.0 Å². The molecule has 1 saturated carbocycles. The van der Waals surface area contributed by atoms with E-state index in [4.69, 9.17) is 0 Å². The minimum Gasteiger partial charge on any atom is -0.326 e. The second-order valence-electron chi connectivity index (χ2n) is 7.66. The van der Waals surface area contributed by atoms with E-state index in [0.717, 1.165) is 18.0 Å². The van der Waals surface area contributed by atoms with Crippen molar-refractivity contribution < 1.29 is 9.59 Å². The maximum Gasteiger partial charge on any atom is 0.229 e. The molecular weight excluding hydrogens is 348 g/mol. The van der Waals surface area contributed by atoms with Crippen LogP contribution in [0.25, 0.3) is 0 Å². The Kier molecular flexibility index (Phi) is 5.18. The van der Waals surface area contributed by atoms with E-state index in [-0.39, 0.29) is 16.9 Å². The van der Waals surface area contributed by atoms with Gasteiger partial charge >= 0.3 is 0 Å². The Morgan fingerprint density at radius 3 is 2.46 bits per heavy atom. The molecule has 7 heteroatoms. The molecule has 6 nitrogen and oxygen atoms in total. The fraction of sp³-hybridized carbons (Fsp3) is 0.474. The Morgan fingerprint density at radius 2 is 1.88 bits per heavy atom. The maximum atomic E-state index is 12.7. The average Bonchev–Trinajstić information content (AvgIpc) is 3.33. The molecule has 1 N–H and O–H groups in total. The minimum absolute atomic E-state index is 0.0362. The van der Waals surface area contributed by atoms with Crippen molar-refractivity contribution in [2.24, 2.45) is 5.41 Å². The molecule has 1 atom stereocenters. The summed E-state index contributed by atoms with van der Waals surface area (Å²) in [4.78, 5) is 24.7. The zero-order chi connectivity index (χ0) is 18.9. The number of Topliss-reactive ketones (excluding diaryl/α,β-unsaturated/α-hetero) is 1. The summed E-state index contributed by atoms with van der Waals surface area (Å²) in [6.07, 6.45) is 4.04.